The minimum Gasteiger partial charge on any atom is -0.478 e. The van der Waals surface area contributed by atoms with E-state index in [1.165, 1.54) is 5.56 Å². The zero-order chi connectivity index (χ0) is 23.5. The molecule has 3 aromatic rings. The second kappa shape index (κ2) is 9.47. The van der Waals surface area contributed by atoms with Crippen molar-refractivity contribution in [2.24, 2.45) is 0 Å². The molecular weight excluding hydrogens is 442 g/mol. The number of hydrogen-bond acceptors (Lipinski definition) is 5. The number of carboxylic acid groups (broad SMARTS) is 1. The van der Waals surface area contributed by atoms with Crippen molar-refractivity contribution >= 4 is 27.0 Å². The van der Waals surface area contributed by atoms with Gasteiger partial charge < -0.3 is 19.0 Å². The molecule has 0 unspecified atom stereocenters. The predicted molar refractivity (Wildman–Crippen MR) is 126 cm³/mol. The standard InChI is InChI=1S/C25H29NO6S/c1-33(29,30)32-21-12-13-23-22(16-21)19(17-26-23)7-3-2-6-18-8-10-20(11-9-18)31-25(24(27)28)14-4-5-15-25/h8-13,16-17,26H,2-7,14-15H2,1H3,(H,27,28). The van der Waals surface area contributed by atoms with E-state index in [2.05, 4.69) is 4.98 Å². The summed E-state index contributed by atoms with van der Waals surface area (Å²) >= 11 is 0. The molecule has 176 valence electrons. The van der Waals surface area contributed by atoms with E-state index in [-0.39, 0.29) is 0 Å². The van der Waals surface area contributed by atoms with Gasteiger partial charge in [-0.2, -0.15) is 8.42 Å². The van der Waals surface area contributed by atoms with E-state index in [1.807, 2.05) is 36.5 Å². The van der Waals surface area contributed by atoms with Gasteiger partial charge in [0, 0.05) is 17.1 Å². The number of fused-ring (bicyclic) bond motifs is 1. The van der Waals surface area contributed by atoms with Gasteiger partial charge in [-0.25, -0.2) is 4.79 Å². The zero-order valence-electron chi connectivity index (χ0n) is 18.7. The Morgan fingerprint density at radius 3 is 2.36 bits per heavy atom. The van der Waals surface area contributed by atoms with Gasteiger partial charge in [0.15, 0.2) is 0 Å². The van der Waals surface area contributed by atoms with E-state index in [1.54, 1.807) is 12.1 Å². The van der Waals surface area contributed by atoms with Gasteiger partial charge >= 0.3 is 16.1 Å². The summed E-state index contributed by atoms with van der Waals surface area (Å²) in [6.45, 7) is 0. The summed E-state index contributed by atoms with van der Waals surface area (Å²) in [6.07, 6.45) is 9.62. The Morgan fingerprint density at radius 1 is 1.03 bits per heavy atom. The van der Waals surface area contributed by atoms with Crippen LogP contribution in [0, 0.1) is 0 Å². The fourth-order valence-electron chi connectivity index (χ4n) is 4.49. The number of H-pyrrole nitrogens is 1. The molecule has 1 fully saturated rings. The largest absolute Gasteiger partial charge is 0.478 e. The first-order valence-electron chi connectivity index (χ1n) is 11.2. The van der Waals surface area contributed by atoms with Crippen molar-refractivity contribution in [3.8, 4) is 11.5 Å². The highest BCUT2D eigenvalue weighted by atomic mass is 32.2. The van der Waals surface area contributed by atoms with Gasteiger partial charge in [-0.1, -0.05) is 12.1 Å². The van der Waals surface area contributed by atoms with Crippen molar-refractivity contribution in [2.45, 2.75) is 57.0 Å². The van der Waals surface area contributed by atoms with Crippen molar-refractivity contribution in [3.05, 3.63) is 59.8 Å². The minimum absolute atomic E-state index is 0.315. The van der Waals surface area contributed by atoms with Gasteiger partial charge in [0.25, 0.3) is 0 Å². The highest BCUT2D eigenvalue weighted by Crippen LogP contribution is 2.35. The molecule has 8 heteroatoms. The Hall–Kier alpha value is -3.00. The number of ether oxygens (including phenoxy) is 1. The topological polar surface area (TPSA) is 106 Å². The molecule has 1 aliphatic rings. The average Bonchev–Trinajstić information content (AvgIpc) is 3.39. The maximum absolute atomic E-state index is 11.7. The monoisotopic (exact) mass is 471 g/mol. The number of unbranched alkanes of at least 4 members (excludes halogenated alkanes) is 1. The SMILES string of the molecule is CS(=O)(=O)Oc1ccc2[nH]cc(CCCCc3ccc(OC4(C(=O)O)CCCC4)cc3)c2c1. The summed E-state index contributed by atoms with van der Waals surface area (Å²) in [5, 5.41) is 10.5. The highest BCUT2D eigenvalue weighted by Gasteiger charge is 2.43. The lowest BCUT2D eigenvalue weighted by Crippen LogP contribution is -2.41. The first kappa shape index (κ1) is 23.2. The van der Waals surface area contributed by atoms with E-state index in [4.69, 9.17) is 8.92 Å². The molecule has 1 aromatic heterocycles. The molecule has 1 heterocycles. The number of aromatic amines is 1. The lowest BCUT2D eigenvalue weighted by atomic mass is 10.0. The van der Waals surface area contributed by atoms with Gasteiger partial charge in [0.1, 0.15) is 11.5 Å². The van der Waals surface area contributed by atoms with Crippen molar-refractivity contribution in [2.75, 3.05) is 6.26 Å². The number of carbonyl (C=O) groups is 1. The quantitative estimate of drug-likeness (QED) is 0.324. The lowest BCUT2D eigenvalue weighted by molar-refractivity contribution is -0.154. The van der Waals surface area contributed by atoms with Gasteiger partial charge in [-0.15, -0.1) is 0 Å². The maximum Gasteiger partial charge on any atom is 0.348 e. The van der Waals surface area contributed by atoms with Crippen LogP contribution in [0.25, 0.3) is 10.9 Å². The summed E-state index contributed by atoms with van der Waals surface area (Å²) in [7, 11) is -3.56. The molecule has 7 nitrogen and oxygen atoms in total. The number of aliphatic carboxylic acids is 1. The Morgan fingerprint density at radius 2 is 1.70 bits per heavy atom. The summed E-state index contributed by atoms with van der Waals surface area (Å²) in [4.78, 5) is 14.9. The lowest BCUT2D eigenvalue weighted by Gasteiger charge is -2.25. The molecular formula is C25H29NO6S. The van der Waals surface area contributed by atoms with Crippen LogP contribution in [0.3, 0.4) is 0 Å². The van der Waals surface area contributed by atoms with Crippen molar-refractivity contribution in [1.29, 1.82) is 0 Å². The molecule has 33 heavy (non-hydrogen) atoms. The van der Waals surface area contributed by atoms with Crippen molar-refractivity contribution in [1.82, 2.24) is 4.98 Å². The Bertz CT molecular complexity index is 1220. The fourth-order valence-corrected chi connectivity index (χ4v) is 4.94. The number of aryl methyl sites for hydroxylation is 2. The molecule has 2 aromatic carbocycles. The Labute approximate surface area is 193 Å². The zero-order valence-corrected chi connectivity index (χ0v) is 19.5. The molecule has 0 saturated heterocycles. The summed E-state index contributed by atoms with van der Waals surface area (Å²) in [5.74, 6) is 0.0424. The smallest absolute Gasteiger partial charge is 0.348 e. The van der Waals surface area contributed by atoms with Crippen LogP contribution in [0.2, 0.25) is 0 Å². The molecule has 4 rings (SSSR count). The van der Waals surface area contributed by atoms with Gasteiger partial charge in [-0.3, -0.25) is 0 Å². The van der Waals surface area contributed by atoms with Crippen LogP contribution < -0.4 is 8.92 Å². The minimum atomic E-state index is -3.56. The Balaban J connectivity index is 1.30. The van der Waals surface area contributed by atoms with Crippen LogP contribution in [-0.2, 0) is 27.8 Å². The summed E-state index contributed by atoms with van der Waals surface area (Å²) in [5.41, 5.74) is 2.18. The second-order valence-corrected chi connectivity index (χ2v) is 10.3. The second-order valence-electron chi connectivity index (χ2n) is 8.77. The molecule has 0 radical (unpaired) electrons. The molecule has 0 spiro atoms. The van der Waals surface area contributed by atoms with Crippen molar-refractivity contribution in [3.63, 3.8) is 0 Å². The van der Waals surface area contributed by atoms with E-state index in [9.17, 15) is 18.3 Å². The maximum atomic E-state index is 11.7. The highest BCUT2D eigenvalue weighted by molar-refractivity contribution is 7.86. The number of benzene rings is 2. The third-order valence-corrected chi connectivity index (χ3v) is 6.68. The van der Waals surface area contributed by atoms with E-state index in [0.29, 0.717) is 24.3 Å². The number of carboxylic acids is 1. The number of aromatic nitrogens is 1. The van der Waals surface area contributed by atoms with Gasteiger partial charge in [0.05, 0.1) is 6.26 Å². The van der Waals surface area contributed by atoms with E-state index >= 15 is 0 Å². The predicted octanol–water partition coefficient (Wildman–Crippen LogP) is 4.85. The van der Waals surface area contributed by atoms with E-state index in [0.717, 1.165) is 61.2 Å². The number of hydrogen-bond donors (Lipinski definition) is 2. The number of nitrogens with one attached hydrogen (secondary N) is 1. The average molecular weight is 472 g/mol. The van der Waals surface area contributed by atoms with Gasteiger partial charge in [-0.05, 0) is 92.8 Å². The van der Waals surface area contributed by atoms with Crippen LogP contribution >= 0.6 is 0 Å². The van der Waals surface area contributed by atoms with Crippen LogP contribution in [0.15, 0.2) is 48.7 Å². The van der Waals surface area contributed by atoms with Crippen LogP contribution in [0.1, 0.15) is 49.7 Å². The van der Waals surface area contributed by atoms with Crippen LogP contribution in [0.5, 0.6) is 11.5 Å². The van der Waals surface area contributed by atoms with Crippen LogP contribution in [-0.4, -0.2) is 36.3 Å². The summed E-state index contributed by atoms with van der Waals surface area (Å²) in [6, 6.07) is 12.9. The van der Waals surface area contributed by atoms with Crippen molar-refractivity contribution < 1.29 is 27.2 Å². The van der Waals surface area contributed by atoms with E-state index < -0.39 is 21.7 Å². The summed E-state index contributed by atoms with van der Waals surface area (Å²) < 4.78 is 33.7. The molecule has 0 aliphatic heterocycles. The van der Waals surface area contributed by atoms with Gasteiger partial charge in [0.2, 0.25) is 5.60 Å². The van der Waals surface area contributed by atoms with Crippen LogP contribution in [0.4, 0.5) is 0 Å². The molecule has 1 saturated carbocycles. The fraction of sp³-hybridized carbons (Fsp3) is 0.400. The first-order valence-corrected chi connectivity index (χ1v) is 13.1. The Kier molecular flexibility index (Phi) is 6.65. The molecule has 0 atom stereocenters. The first-order chi connectivity index (χ1) is 15.7. The third-order valence-electron chi connectivity index (χ3n) is 6.19. The third kappa shape index (κ3) is 5.68. The molecule has 1 aliphatic carbocycles. The number of rotatable bonds is 10. The normalized spacial score (nSPS) is 15.5. The molecule has 2 N–H and O–H groups in total. The molecule has 0 amide bonds. The molecule has 0 bridgehead atoms.